The highest BCUT2D eigenvalue weighted by Gasteiger charge is 2.08. The van der Waals surface area contributed by atoms with Crippen LogP contribution in [0.3, 0.4) is 0 Å². The van der Waals surface area contributed by atoms with E-state index >= 15 is 0 Å². The molecule has 1 rings (SSSR count). The summed E-state index contributed by atoms with van der Waals surface area (Å²) in [5.41, 5.74) is 0.653. The van der Waals surface area contributed by atoms with Gasteiger partial charge in [-0.2, -0.15) is 11.8 Å². The number of benzene rings is 1. The molecule has 0 bridgehead atoms. The Kier molecular flexibility index (Phi) is 4.03. The van der Waals surface area contributed by atoms with Gasteiger partial charge in [0.15, 0.2) is 0 Å². The van der Waals surface area contributed by atoms with E-state index in [-0.39, 0.29) is 5.02 Å². The average molecular weight is 221 g/mol. The summed E-state index contributed by atoms with van der Waals surface area (Å²) in [4.78, 5) is 0. The molecule has 0 aliphatic rings. The molecular weight excluding hydrogens is 211 g/mol. The van der Waals surface area contributed by atoms with Gasteiger partial charge in [0.2, 0.25) is 0 Å². The first-order valence-corrected chi connectivity index (χ1v) is 5.54. The van der Waals surface area contributed by atoms with Gasteiger partial charge in [-0.3, -0.25) is 0 Å². The lowest BCUT2D eigenvalue weighted by Gasteiger charge is -2.09. The van der Waals surface area contributed by atoms with Crippen molar-refractivity contribution in [2.75, 3.05) is 12.0 Å². The SMILES string of the molecule is CSCC(O)c1ccc(F)c(Cl)c1. The molecule has 1 atom stereocenters. The molecule has 0 saturated carbocycles. The van der Waals surface area contributed by atoms with E-state index in [1.807, 2.05) is 6.26 Å². The fraction of sp³-hybridized carbons (Fsp3) is 0.333. The molecule has 1 N–H and O–H groups in total. The summed E-state index contributed by atoms with van der Waals surface area (Å²) in [6, 6.07) is 4.26. The number of aliphatic hydroxyl groups is 1. The Morgan fingerprint density at radius 3 is 2.85 bits per heavy atom. The number of hydrogen-bond donors (Lipinski definition) is 1. The third-order valence-corrected chi connectivity index (χ3v) is 2.59. The number of aliphatic hydroxyl groups excluding tert-OH is 1. The summed E-state index contributed by atoms with van der Waals surface area (Å²) in [7, 11) is 0. The van der Waals surface area contributed by atoms with Gasteiger partial charge in [0, 0.05) is 5.75 Å². The molecule has 72 valence electrons. The molecule has 0 fully saturated rings. The molecule has 1 aromatic rings. The van der Waals surface area contributed by atoms with Gasteiger partial charge in [-0.25, -0.2) is 4.39 Å². The molecule has 0 amide bonds. The minimum atomic E-state index is -0.576. The van der Waals surface area contributed by atoms with Crippen LogP contribution >= 0.6 is 23.4 Å². The molecule has 13 heavy (non-hydrogen) atoms. The highest BCUT2D eigenvalue weighted by atomic mass is 35.5. The summed E-state index contributed by atoms with van der Waals surface area (Å²) >= 11 is 7.09. The Hall–Kier alpha value is -0.250. The van der Waals surface area contributed by atoms with E-state index in [4.69, 9.17) is 11.6 Å². The summed E-state index contributed by atoms with van der Waals surface area (Å²) < 4.78 is 12.7. The first kappa shape index (κ1) is 10.8. The lowest BCUT2D eigenvalue weighted by molar-refractivity contribution is 0.204. The normalized spacial score (nSPS) is 12.9. The number of halogens is 2. The Morgan fingerprint density at radius 2 is 2.31 bits per heavy atom. The molecule has 0 aliphatic carbocycles. The lowest BCUT2D eigenvalue weighted by atomic mass is 10.1. The van der Waals surface area contributed by atoms with Crippen LogP contribution in [0, 0.1) is 5.82 Å². The fourth-order valence-corrected chi connectivity index (χ4v) is 1.67. The Balaban J connectivity index is 2.84. The van der Waals surface area contributed by atoms with Crippen molar-refractivity contribution in [1.29, 1.82) is 0 Å². The molecule has 0 heterocycles. The van der Waals surface area contributed by atoms with E-state index in [0.29, 0.717) is 11.3 Å². The smallest absolute Gasteiger partial charge is 0.141 e. The zero-order valence-corrected chi connectivity index (χ0v) is 8.70. The third kappa shape index (κ3) is 2.86. The summed E-state index contributed by atoms with van der Waals surface area (Å²) in [6.07, 6.45) is 1.32. The minimum absolute atomic E-state index is 0.0534. The van der Waals surface area contributed by atoms with Gasteiger partial charge in [0.25, 0.3) is 0 Å². The van der Waals surface area contributed by atoms with E-state index < -0.39 is 11.9 Å². The van der Waals surface area contributed by atoms with Crippen molar-refractivity contribution in [3.63, 3.8) is 0 Å². The summed E-state index contributed by atoms with van der Waals surface area (Å²) in [5, 5.41) is 9.59. The zero-order valence-electron chi connectivity index (χ0n) is 7.13. The predicted molar refractivity (Wildman–Crippen MR) is 54.8 cm³/mol. The van der Waals surface area contributed by atoms with Gasteiger partial charge in [-0.15, -0.1) is 0 Å². The van der Waals surface area contributed by atoms with Crippen LogP contribution in [0.15, 0.2) is 18.2 Å². The van der Waals surface area contributed by atoms with Crippen LogP contribution in [0.1, 0.15) is 11.7 Å². The van der Waals surface area contributed by atoms with Crippen molar-refractivity contribution in [3.8, 4) is 0 Å². The zero-order chi connectivity index (χ0) is 9.84. The standard InChI is InChI=1S/C9H10ClFOS/c1-13-5-9(12)6-2-3-8(11)7(10)4-6/h2-4,9,12H,5H2,1H3. The molecule has 0 radical (unpaired) electrons. The van der Waals surface area contributed by atoms with Crippen LogP contribution in [0.4, 0.5) is 4.39 Å². The molecule has 0 spiro atoms. The first-order valence-electron chi connectivity index (χ1n) is 3.77. The van der Waals surface area contributed by atoms with Gasteiger partial charge in [0.05, 0.1) is 11.1 Å². The second-order valence-electron chi connectivity index (χ2n) is 2.64. The Labute approximate surface area is 85.9 Å². The van der Waals surface area contributed by atoms with Crippen molar-refractivity contribution in [1.82, 2.24) is 0 Å². The topological polar surface area (TPSA) is 20.2 Å². The van der Waals surface area contributed by atoms with Gasteiger partial charge in [-0.05, 0) is 24.0 Å². The third-order valence-electron chi connectivity index (χ3n) is 1.65. The monoisotopic (exact) mass is 220 g/mol. The Morgan fingerprint density at radius 1 is 1.62 bits per heavy atom. The molecule has 1 unspecified atom stereocenters. The predicted octanol–water partition coefficient (Wildman–Crippen LogP) is 2.88. The summed E-state index contributed by atoms with van der Waals surface area (Å²) in [6.45, 7) is 0. The van der Waals surface area contributed by atoms with E-state index in [1.165, 1.54) is 23.9 Å². The van der Waals surface area contributed by atoms with Crippen molar-refractivity contribution in [2.24, 2.45) is 0 Å². The average Bonchev–Trinajstić information content (AvgIpc) is 2.10. The van der Waals surface area contributed by atoms with Crippen LogP contribution in [0.5, 0.6) is 0 Å². The van der Waals surface area contributed by atoms with E-state index in [9.17, 15) is 9.50 Å². The maximum Gasteiger partial charge on any atom is 0.141 e. The van der Waals surface area contributed by atoms with Crippen LogP contribution in [0.2, 0.25) is 5.02 Å². The van der Waals surface area contributed by atoms with Crippen LogP contribution in [-0.2, 0) is 0 Å². The van der Waals surface area contributed by atoms with Crippen LogP contribution in [-0.4, -0.2) is 17.1 Å². The fourth-order valence-electron chi connectivity index (χ4n) is 0.974. The highest BCUT2D eigenvalue weighted by molar-refractivity contribution is 7.98. The van der Waals surface area contributed by atoms with Crippen molar-refractivity contribution < 1.29 is 9.50 Å². The molecule has 0 aliphatic heterocycles. The summed E-state index contributed by atoms with van der Waals surface area (Å²) in [5.74, 6) is 0.129. The van der Waals surface area contributed by atoms with Crippen LogP contribution < -0.4 is 0 Å². The number of rotatable bonds is 3. The largest absolute Gasteiger partial charge is 0.388 e. The molecule has 4 heteroatoms. The van der Waals surface area contributed by atoms with Gasteiger partial charge in [-0.1, -0.05) is 17.7 Å². The molecule has 1 aromatic carbocycles. The van der Waals surface area contributed by atoms with E-state index in [0.717, 1.165) is 0 Å². The maximum absolute atomic E-state index is 12.7. The van der Waals surface area contributed by atoms with E-state index in [2.05, 4.69) is 0 Å². The quantitative estimate of drug-likeness (QED) is 0.846. The highest BCUT2D eigenvalue weighted by Crippen LogP contribution is 2.22. The second kappa shape index (κ2) is 4.84. The first-order chi connectivity index (χ1) is 6.15. The van der Waals surface area contributed by atoms with Gasteiger partial charge < -0.3 is 5.11 Å². The minimum Gasteiger partial charge on any atom is -0.388 e. The maximum atomic E-state index is 12.7. The van der Waals surface area contributed by atoms with Crippen LogP contribution in [0.25, 0.3) is 0 Å². The van der Waals surface area contributed by atoms with Crippen molar-refractivity contribution in [2.45, 2.75) is 6.10 Å². The molecule has 1 nitrogen and oxygen atoms in total. The van der Waals surface area contributed by atoms with Crippen molar-refractivity contribution in [3.05, 3.63) is 34.6 Å². The second-order valence-corrected chi connectivity index (χ2v) is 3.96. The molecule has 0 aromatic heterocycles. The van der Waals surface area contributed by atoms with Gasteiger partial charge >= 0.3 is 0 Å². The lowest BCUT2D eigenvalue weighted by Crippen LogP contribution is -2.00. The molecular formula is C9H10ClFOS. The van der Waals surface area contributed by atoms with Crippen molar-refractivity contribution >= 4 is 23.4 Å². The Bertz CT molecular complexity index is 293. The van der Waals surface area contributed by atoms with E-state index in [1.54, 1.807) is 6.07 Å². The molecule has 0 saturated heterocycles. The van der Waals surface area contributed by atoms with Gasteiger partial charge in [0.1, 0.15) is 5.82 Å². The number of hydrogen-bond acceptors (Lipinski definition) is 2. The number of thioether (sulfide) groups is 1.